The third-order valence-electron chi connectivity index (χ3n) is 5.50. The number of carbonyl (C=O) groups excluding carboxylic acids is 2. The van der Waals surface area contributed by atoms with Crippen LogP contribution < -0.4 is 9.64 Å². The van der Waals surface area contributed by atoms with Crippen molar-refractivity contribution >= 4 is 59.6 Å². The minimum Gasteiger partial charge on any atom is -0.450 e. The van der Waals surface area contributed by atoms with Gasteiger partial charge in [0.05, 0.1) is 11.1 Å². The molecule has 9 nitrogen and oxygen atoms in total. The predicted octanol–water partition coefficient (Wildman–Crippen LogP) is 8.70. The molecule has 42 heavy (non-hydrogen) atoms. The van der Waals surface area contributed by atoms with Crippen LogP contribution in [0.3, 0.4) is 0 Å². The molecule has 0 radical (unpaired) electrons. The van der Waals surface area contributed by atoms with E-state index in [1.54, 1.807) is 41.5 Å². The van der Waals surface area contributed by atoms with Gasteiger partial charge >= 0.3 is 12.2 Å². The van der Waals surface area contributed by atoms with Crippen LogP contribution in [-0.2, 0) is 20.9 Å². The van der Waals surface area contributed by atoms with Gasteiger partial charge in [0.15, 0.2) is 17.4 Å². The zero-order valence-corrected chi connectivity index (χ0v) is 28.6. The topological polar surface area (TPSA) is 92.1 Å². The van der Waals surface area contributed by atoms with Crippen molar-refractivity contribution in [3.05, 3.63) is 45.8 Å². The Labute approximate surface area is 259 Å². The van der Waals surface area contributed by atoms with E-state index < -0.39 is 54.5 Å². The summed E-state index contributed by atoms with van der Waals surface area (Å²) >= 11 is 2.10. The summed E-state index contributed by atoms with van der Waals surface area (Å²) in [7, 11) is -1.25. The minimum absolute atomic E-state index is 0.173. The van der Waals surface area contributed by atoms with Crippen molar-refractivity contribution in [3.63, 3.8) is 0 Å². The number of halogens is 3. The Hall–Kier alpha value is -2.78. The lowest BCUT2D eigenvalue weighted by Gasteiger charge is -2.28. The molecule has 2 heterocycles. The second-order valence-electron chi connectivity index (χ2n) is 12.9. The molecule has 13 heteroatoms. The molecule has 0 aliphatic rings. The number of pyridine rings is 1. The highest BCUT2D eigenvalue weighted by atomic mass is 127. The number of ether oxygens (including phenoxy) is 4. The van der Waals surface area contributed by atoms with E-state index in [1.165, 1.54) is 12.3 Å². The summed E-state index contributed by atoms with van der Waals surface area (Å²) < 4.78 is 55.6. The van der Waals surface area contributed by atoms with E-state index in [-0.39, 0.29) is 12.5 Å². The Morgan fingerprint density at radius 3 is 2.05 bits per heavy atom. The number of fused-ring (bicyclic) bond motifs is 1. The summed E-state index contributed by atoms with van der Waals surface area (Å²) in [5.74, 6) is -2.83. The number of nitrogens with zero attached hydrogens (tertiary/aromatic N) is 3. The van der Waals surface area contributed by atoms with Crippen molar-refractivity contribution in [1.29, 1.82) is 0 Å². The van der Waals surface area contributed by atoms with Gasteiger partial charge in [-0.15, -0.1) is 0 Å². The normalized spacial score (nSPS) is 12.4. The Bertz CT molecular complexity index is 1410. The molecule has 0 unspecified atom stereocenters. The van der Waals surface area contributed by atoms with E-state index in [0.717, 1.165) is 21.7 Å². The van der Waals surface area contributed by atoms with Crippen molar-refractivity contribution in [2.24, 2.45) is 0 Å². The van der Waals surface area contributed by atoms with Crippen molar-refractivity contribution in [1.82, 2.24) is 9.55 Å². The Kier molecular flexibility index (Phi) is 10.3. The van der Waals surface area contributed by atoms with Gasteiger partial charge in [0.2, 0.25) is 0 Å². The van der Waals surface area contributed by atoms with Gasteiger partial charge in [-0.2, -0.15) is 4.90 Å². The first-order valence-corrected chi connectivity index (χ1v) is 18.2. The molecule has 0 spiro atoms. The Morgan fingerprint density at radius 1 is 1.00 bits per heavy atom. The second kappa shape index (κ2) is 12.8. The van der Waals surface area contributed by atoms with Crippen LogP contribution in [0, 0.1) is 15.2 Å². The summed E-state index contributed by atoms with van der Waals surface area (Å²) in [6, 6.07) is 4.14. The van der Waals surface area contributed by atoms with Gasteiger partial charge in [0, 0.05) is 42.8 Å². The lowest BCUT2D eigenvalue weighted by atomic mass is 10.2. The lowest BCUT2D eigenvalue weighted by Crippen LogP contribution is -2.43. The molecule has 0 saturated heterocycles. The maximum Gasteiger partial charge on any atom is 0.424 e. The standard InChI is InChI=1S/C29H38F2IN3O6Si/c1-28(2,3)40-26(36)35(27(37)41-29(4,5)6)18-14-19(30)24(20(31)15-18)39-22-10-11-33-25-23(22)21(32)16-34(25)17-38-12-13-42(7,8)9/h10-11,14-16H,12-13,17H2,1-9H3. The molecule has 3 aromatic rings. The van der Waals surface area contributed by atoms with Crippen LogP contribution in [0.5, 0.6) is 11.5 Å². The molecular formula is C29H38F2IN3O6Si. The molecule has 230 valence electrons. The zero-order chi connectivity index (χ0) is 31.6. The number of carbonyl (C=O) groups is 2. The zero-order valence-electron chi connectivity index (χ0n) is 25.4. The van der Waals surface area contributed by atoms with Gasteiger partial charge in [0.25, 0.3) is 0 Å². The van der Waals surface area contributed by atoms with E-state index in [0.29, 0.717) is 22.5 Å². The summed E-state index contributed by atoms with van der Waals surface area (Å²) in [5.41, 5.74) is -1.87. The van der Waals surface area contributed by atoms with Crippen LogP contribution in [0.2, 0.25) is 25.7 Å². The fourth-order valence-electron chi connectivity index (χ4n) is 3.65. The highest BCUT2D eigenvalue weighted by molar-refractivity contribution is 14.1. The van der Waals surface area contributed by atoms with E-state index >= 15 is 8.78 Å². The molecule has 1 aromatic carbocycles. The maximum absolute atomic E-state index is 15.4. The number of rotatable bonds is 8. The van der Waals surface area contributed by atoms with Crippen LogP contribution in [0.25, 0.3) is 11.0 Å². The van der Waals surface area contributed by atoms with Crippen LogP contribution >= 0.6 is 22.6 Å². The maximum atomic E-state index is 15.4. The van der Waals surface area contributed by atoms with Crippen LogP contribution in [0.15, 0.2) is 30.6 Å². The van der Waals surface area contributed by atoms with E-state index in [2.05, 4.69) is 47.2 Å². The van der Waals surface area contributed by atoms with Crippen LogP contribution in [0.4, 0.5) is 24.1 Å². The summed E-state index contributed by atoms with van der Waals surface area (Å²) in [6.07, 6.45) is 1.00. The van der Waals surface area contributed by atoms with Gasteiger partial charge in [-0.25, -0.2) is 23.4 Å². The van der Waals surface area contributed by atoms with E-state index in [1.807, 2.05) is 10.8 Å². The second-order valence-corrected chi connectivity index (χ2v) is 19.7. The molecule has 0 bridgehead atoms. The molecule has 3 rings (SSSR count). The molecule has 0 aliphatic heterocycles. The number of hydrogen-bond acceptors (Lipinski definition) is 7. The molecule has 2 aromatic heterocycles. The number of amides is 2. The number of hydrogen-bond donors (Lipinski definition) is 0. The Morgan fingerprint density at radius 2 is 1.55 bits per heavy atom. The lowest BCUT2D eigenvalue weighted by molar-refractivity contribution is 0.0430. The van der Waals surface area contributed by atoms with Gasteiger partial charge < -0.3 is 23.5 Å². The fourth-order valence-corrected chi connectivity index (χ4v) is 5.25. The van der Waals surface area contributed by atoms with E-state index in [9.17, 15) is 9.59 Å². The summed E-state index contributed by atoms with van der Waals surface area (Å²) in [5, 5.41) is 0.555. The molecule has 0 fully saturated rings. The third kappa shape index (κ3) is 9.11. The molecule has 0 atom stereocenters. The van der Waals surface area contributed by atoms with Gasteiger partial charge in [0.1, 0.15) is 29.3 Å². The SMILES string of the molecule is CC(C)(C)OC(=O)N(C(=O)OC(C)(C)C)c1cc(F)c(Oc2ccnc3c2c(I)cn3COCC[Si](C)(C)C)c(F)c1. The molecule has 2 amide bonds. The van der Waals surface area contributed by atoms with Crippen LogP contribution in [-0.4, -0.2) is 47.6 Å². The first kappa shape index (κ1) is 33.7. The average Bonchev–Trinajstić information content (AvgIpc) is 3.12. The summed E-state index contributed by atoms with van der Waals surface area (Å²) in [4.78, 5) is 30.7. The molecular weight excluding hydrogens is 679 g/mol. The van der Waals surface area contributed by atoms with Crippen LogP contribution in [0.1, 0.15) is 41.5 Å². The molecule has 0 saturated carbocycles. The number of benzene rings is 1. The summed E-state index contributed by atoms with van der Waals surface area (Å²) in [6.45, 7) is 17.3. The smallest absolute Gasteiger partial charge is 0.424 e. The number of imide groups is 1. The van der Waals surface area contributed by atoms with E-state index in [4.69, 9.17) is 18.9 Å². The molecule has 0 aliphatic carbocycles. The number of aromatic nitrogens is 2. The first-order chi connectivity index (χ1) is 19.3. The van der Waals surface area contributed by atoms with Crippen molar-refractivity contribution in [2.75, 3.05) is 11.5 Å². The van der Waals surface area contributed by atoms with Gasteiger partial charge in [-0.1, -0.05) is 19.6 Å². The van der Waals surface area contributed by atoms with Crippen molar-refractivity contribution in [3.8, 4) is 11.5 Å². The largest absolute Gasteiger partial charge is 0.450 e. The van der Waals surface area contributed by atoms with Gasteiger partial charge in [-0.05, 0) is 76.2 Å². The van der Waals surface area contributed by atoms with Crippen molar-refractivity contribution in [2.45, 2.75) is 85.2 Å². The van der Waals surface area contributed by atoms with Gasteiger partial charge in [-0.3, -0.25) is 0 Å². The average molecular weight is 718 g/mol. The monoisotopic (exact) mass is 717 g/mol. The first-order valence-electron chi connectivity index (χ1n) is 13.4. The molecule has 0 N–H and O–H groups in total. The number of anilines is 1. The third-order valence-corrected chi connectivity index (χ3v) is 8.03. The van der Waals surface area contributed by atoms with Crippen molar-refractivity contribution < 1.29 is 37.3 Å². The predicted molar refractivity (Wildman–Crippen MR) is 168 cm³/mol. The Balaban J connectivity index is 1.94. The fraction of sp³-hybridized carbons (Fsp3) is 0.483. The quantitative estimate of drug-likeness (QED) is 0.131. The highest BCUT2D eigenvalue weighted by Crippen LogP contribution is 2.37. The highest BCUT2D eigenvalue weighted by Gasteiger charge is 2.34. The minimum atomic E-state index is -1.25.